The minimum absolute atomic E-state index is 0.0816. The molecule has 0 aliphatic heterocycles. The van der Waals surface area contributed by atoms with E-state index in [0.29, 0.717) is 10.7 Å². The van der Waals surface area contributed by atoms with E-state index < -0.39 is 0 Å². The maximum absolute atomic E-state index is 11.5. The van der Waals surface area contributed by atoms with Crippen LogP contribution in [0.25, 0.3) is 5.52 Å². The number of hydrogen-bond acceptors (Lipinski definition) is 3. The molecule has 0 saturated carbocycles. The highest BCUT2D eigenvalue weighted by molar-refractivity contribution is 7.98. The molecular weight excluding hydrogens is 186 g/mol. The molecule has 0 bridgehead atoms. The molecular formula is C8H9N3OS. The topological polar surface area (TPSA) is 50.2 Å². The maximum Gasteiger partial charge on any atom is 0.276 e. The zero-order valence-electron chi connectivity index (χ0n) is 7.37. The summed E-state index contributed by atoms with van der Waals surface area (Å²) in [5.41, 5.74) is 1.49. The zero-order chi connectivity index (χ0) is 9.42. The number of aryl methyl sites for hydroxylation is 1. The number of rotatable bonds is 1. The van der Waals surface area contributed by atoms with Gasteiger partial charge in [0.15, 0.2) is 5.16 Å². The van der Waals surface area contributed by atoms with Crippen LogP contribution in [0.5, 0.6) is 0 Å². The molecule has 0 aliphatic carbocycles. The molecule has 0 fully saturated rings. The predicted octanol–water partition coefficient (Wildman–Crippen LogP) is 1.05. The number of hydrogen-bond donors (Lipinski definition) is 1. The standard InChI is InChI=1S/C8H9N3OS/c1-5-3-4-11-6(5)7(12)9-8(10-11)13-2/h3-4H,1-2H3,(H,9,10,12). The number of H-pyrrole nitrogens is 1. The summed E-state index contributed by atoms with van der Waals surface area (Å²) in [5.74, 6) is 0. The predicted molar refractivity (Wildman–Crippen MR) is 52.3 cm³/mol. The molecule has 0 radical (unpaired) electrons. The van der Waals surface area contributed by atoms with Gasteiger partial charge < -0.3 is 0 Å². The Morgan fingerprint density at radius 2 is 2.38 bits per heavy atom. The summed E-state index contributed by atoms with van der Waals surface area (Å²) in [6, 6.07) is 1.88. The normalized spacial score (nSPS) is 10.9. The van der Waals surface area contributed by atoms with Crippen LogP contribution in [-0.4, -0.2) is 20.9 Å². The zero-order valence-corrected chi connectivity index (χ0v) is 8.18. The number of aromatic amines is 1. The van der Waals surface area contributed by atoms with E-state index >= 15 is 0 Å². The fourth-order valence-corrected chi connectivity index (χ4v) is 1.62. The van der Waals surface area contributed by atoms with E-state index in [2.05, 4.69) is 10.1 Å². The summed E-state index contributed by atoms with van der Waals surface area (Å²) in [4.78, 5) is 14.2. The Kier molecular flexibility index (Phi) is 1.88. The summed E-state index contributed by atoms with van der Waals surface area (Å²) < 4.78 is 1.61. The average molecular weight is 195 g/mol. The summed E-state index contributed by atoms with van der Waals surface area (Å²) in [6.07, 6.45) is 3.67. The first-order chi connectivity index (χ1) is 6.22. The van der Waals surface area contributed by atoms with E-state index in [0.717, 1.165) is 5.56 Å². The molecule has 0 atom stereocenters. The van der Waals surface area contributed by atoms with Crippen molar-refractivity contribution < 1.29 is 0 Å². The minimum atomic E-state index is -0.0816. The Morgan fingerprint density at radius 3 is 3.08 bits per heavy atom. The molecule has 68 valence electrons. The highest BCUT2D eigenvalue weighted by Gasteiger charge is 2.04. The van der Waals surface area contributed by atoms with Crippen molar-refractivity contribution in [3.05, 3.63) is 28.2 Å². The third-order valence-corrected chi connectivity index (χ3v) is 2.47. The van der Waals surface area contributed by atoms with Gasteiger partial charge in [-0.05, 0) is 24.8 Å². The van der Waals surface area contributed by atoms with Crippen molar-refractivity contribution in [1.82, 2.24) is 14.6 Å². The van der Waals surface area contributed by atoms with Crippen LogP contribution in [0, 0.1) is 6.92 Å². The van der Waals surface area contributed by atoms with Gasteiger partial charge in [0.1, 0.15) is 5.52 Å². The fraction of sp³-hybridized carbons (Fsp3) is 0.250. The van der Waals surface area contributed by atoms with Crippen LogP contribution >= 0.6 is 11.8 Å². The minimum Gasteiger partial charge on any atom is -0.298 e. The molecule has 0 saturated heterocycles. The molecule has 0 amide bonds. The second kappa shape index (κ2) is 2.92. The third-order valence-electron chi connectivity index (χ3n) is 1.90. The smallest absolute Gasteiger partial charge is 0.276 e. The van der Waals surface area contributed by atoms with Crippen LogP contribution in [0.2, 0.25) is 0 Å². The Labute approximate surface area is 79.0 Å². The van der Waals surface area contributed by atoms with E-state index in [4.69, 9.17) is 0 Å². The average Bonchev–Trinajstić information content (AvgIpc) is 2.48. The van der Waals surface area contributed by atoms with Crippen molar-refractivity contribution in [3.8, 4) is 0 Å². The van der Waals surface area contributed by atoms with Crippen LogP contribution in [0.1, 0.15) is 5.56 Å². The van der Waals surface area contributed by atoms with E-state index in [1.165, 1.54) is 11.8 Å². The van der Waals surface area contributed by atoms with Crippen LogP contribution in [0.3, 0.4) is 0 Å². The molecule has 0 unspecified atom stereocenters. The maximum atomic E-state index is 11.5. The Balaban J connectivity index is 2.87. The van der Waals surface area contributed by atoms with Crippen molar-refractivity contribution >= 4 is 17.3 Å². The van der Waals surface area contributed by atoms with Crippen molar-refractivity contribution in [2.24, 2.45) is 0 Å². The van der Waals surface area contributed by atoms with Gasteiger partial charge in [-0.25, -0.2) is 4.52 Å². The Hall–Kier alpha value is -1.23. The van der Waals surface area contributed by atoms with Gasteiger partial charge in [0, 0.05) is 6.20 Å². The molecule has 2 heterocycles. The third kappa shape index (κ3) is 1.25. The van der Waals surface area contributed by atoms with Gasteiger partial charge in [-0.3, -0.25) is 9.78 Å². The van der Waals surface area contributed by atoms with Gasteiger partial charge in [0.2, 0.25) is 0 Å². The van der Waals surface area contributed by atoms with E-state index in [9.17, 15) is 4.79 Å². The van der Waals surface area contributed by atoms with Crippen LogP contribution in [-0.2, 0) is 0 Å². The monoisotopic (exact) mass is 195 g/mol. The van der Waals surface area contributed by atoms with E-state index in [1.54, 1.807) is 10.7 Å². The molecule has 0 aromatic carbocycles. The van der Waals surface area contributed by atoms with Crippen LogP contribution in [0.15, 0.2) is 22.2 Å². The highest BCUT2D eigenvalue weighted by Crippen LogP contribution is 2.08. The molecule has 1 N–H and O–H groups in total. The molecule has 2 aromatic heterocycles. The Morgan fingerprint density at radius 1 is 1.62 bits per heavy atom. The number of fused-ring (bicyclic) bond motifs is 1. The van der Waals surface area contributed by atoms with Crippen molar-refractivity contribution in [2.75, 3.05) is 6.26 Å². The largest absolute Gasteiger partial charge is 0.298 e. The van der Waals surface area contributed by atoms with Crippen molar-refractivity contribution in [1.29, 1.82) is 0 Å². The highest BCUT2D eigenvalue weighted by atomic mass is 32.2. The van der Waals surface area contributed by atoms with Gasteiger partial charge in [-0.2, -0.15) is 0 Å². The fourth-order valence-electron chi connectivity index (χ4n) is 1.25. The van der Waals surface area contributed by atoms with Crippen LogP contribution < -0.4 is 5.56 Å². The number of thioether (sulfide) groups is 1. The van der Waals surface area contributed by atoms with Gasteiger partial charge in [-0.15, -0.1) is 5.10 Å². The van der Waals surface area contributed by atoms with Gasteiger partial charge in [0.25, 0.3) is 5.56 Å². The SMILES string of the molecule is CSc1nn2ccc(C)c2c(=O)[nH]1. The lowest BCUT2D eigenvalue weighted by molar-refractivity contribution is 0.783. The van der Waals surface area contributed by atoms with Crippen LogP contribution in [0.4, 0.5) is 0 Å². The molecule has 0 spiro atoms. The van der Waals surface area contributed by atoms with Gasteiger partial charge in [0.05, 0.1) is 0 Å². The number of aromatic nitrogens is 3. The first-order valence-electron chi connectivity index (χ1n) is 3.84. The van der Waals surface area contributed by atoms with E-state index in [-0.39, 0.29) is 5.56 Å². The number of nitrogens with zero attached hydrogens (tertiary/aromatic N) is 2. The summed E-state index contributed by atoms with van der Waals surface area (Å²) in [5, 5.41) is 4.83. The molecule has 0 aliphatic rings. The summed E-state index contributed by atoms with van der Waals surface area (Å²) in [7, 11) is 0. The lowest BCUT2D eigenvalue weighted by Gasteiger charge is -1.97. The quantitative estimate of drug-likeness (QED) is 0.692. The lowest BCUT2D eigenvalue weighted by atomic mass is 10.3. The first kappa shape index (κ1) is 8.37. The molecule has 4 nitrogen and oxygen atoms in total. The number of nitrogens with one attached hydrogen (secondary N) is 1. The van der Waals surface area contributed by atoms with E-state index in [1.807, 2.05) is 19.2 Å². The summed E-state index contributed by atoms with van der Waals surface area (Å²) in [6.45, 7) is 1.89. The van der Waals surface area contributed by atoms with Gasteiger partial charge >= 0.3 is 0 Å². The second-order valence-corrected chi connectivity index (χ2v) is 3.55. The lowest BCUT2D eigenvalue weighted by Crippen LogP contribution is -2.13. The molecule has 13 heavy (non-hydrogen) atoms. The Bertz CT molecular complexity index is 500. The van der Waals surface area contributed by atoms with Gasteiger partial charge in [-0.1, -0.05) is 11.8 Å². The molecule has 2 aromatic rings. The van der Waals surface area contributed by atoms with Crippen molar-refractivity contribution in [3.63, 3.8) is 0 Å². The second-order valence-electron chi connectivity index (χ2n) is 2.76. The first-order valence-corrected chi connectivity index (χ1v) is 5.07. The molecule has 5 heteroatoms. The van der Waals surface area contributed by atoms with Crippen molar-refractivity contribution in [2.45, 2.75) is 12.1 Å². The summed E-state index contributed by atoms with van der Waals surface area (Å²) >= 11 is 1.42. The molecule has 2 rings (SSSR count).